The molecular weight excluding hydrogens is 360 g/mol. The Kier molecular flexibility index (Phi) is 4.96. The smallest absolute Gasteiger partial charge is 0.322 e. The van der Waals surface area contributed by atoms with Crippen LogP contribution in [-0.4, -0.2) is 72.7 Å². The molecule has 0 spiro atoms. The molecule has 2 aromatic rings. The van der Waals surface area contributed by atoms with Gasteiger partial charge in [-0.3, -0.25) is 9.69 Å². The van der Waals surface area contributed by atoms with Gasteiger partial charge >= 0.3 is 6.03 Å². The molecule has 1 N–H and O–H groups in total. The molecule has 0 aliphatic carbocycles. The van der Waals surface area contributed by atoms with Crippen LogP contribution >= 0.6 is 0 Å². The minimum atomic E-state index is -0.547. The molecule has 3 heterocycles. The number of nitrogens with one attached hydrogen (secondary N) is 1. The van der Waals surface area contributed by atoms with E-state index in [1.54, 1.807) is 47.5 Å². The van der Waals surface area contributed by atoms with Crippen LogP contribution in [0.5, 0.6) is 5.75 Å². The van der Waals surface area contributed by atoms with E-state index in [1.807, 2.05) is 12.1 Å². The molecule has 2 saturated heterocycles. The number of rotatable bonds is 4. The van der Waals surface area contributed by atoms with Gasteiger partial charge in [0.2, 0.25) is 11.9 Å². The van der Waals surface area contributed by atoms with Crippen molar-refractivity contribution in [2.24, 2.45) is 0 Å². The van der Waals surface area contributed by atoms with Crippen LogP contribution in [0.1, 0.15) is 0 Å². The van der Waals surface area contributed by atoms with Crippen molar-refractivity contribution < 1.29 is 14.3 Å². The van der Waals surface area contributed by atoms with Crippen molar-refractivity contribution in [2.75, 3.05) is 49.6 Å². The molecule has 9 heteroatoms. The Hall–Kier alpha value is -3.36. The largest absolute Gasteiger partial charge is 0.497 e. The van der Waals surface area contributed by atoms with Gasteiger partial charge in [0, 0.05) is 44.3 Å². The number of ether oxygens (including phenoxy) is 1. The number of aromatic nitrogens is 2. The topological polar surface area (TPSA) is 90.9 Å². The van der Waals surface area contributed by atoms with Crippen LogP contribution < -0.4 is 19.9 Å². The zero-order valence-corrected chi connectivity index (χ0v) is 15.6. The van der Waals surface area contributed by atoms with Crippen LogP contribution in [0.2, 0.25) is 0 Å². The standard InChI is InChI=1S/C19H22N6O3/c1-28-15-5-3-14(4-6-15)25-13-16(22-19(25)27)17(26)23-9-11-24(12-10-23)18-20-7-2-8-21-18/h2-8,16H,9-13H2,1H3,(H,22,27). The Morgan fingerprint density at radius 3 is 2.43 bits per heavy atom. The molecule has 9 nitrogen and oxygen atoms in total. The third kappa shape index (κ3) is 3.55. The summed E-state index contributed by atoms with van der Waals surface area (Å²) in [6.07, 6.45) is 3.42. The fourth-order valence-corrected chi connectivity index (χ4v) is 3.46. The van der Waals surface area contributed by atoms with Gasteiger partial charge in [-0.15, -0.1) is 0 Å². The Balaban J connectivity index is 1.36. The molecule has 1 aromatic heterocycles. The van der Waals surface area contributed by atoms with Gasteiger partial charge in [-0.25, -0.2) is 14.8 Å². The van der Waals surface area contributed by atoms with Crippen LogP contribution in [-0.2, 0) is 4.79 Å². The second kappa shape index (κ2) is 7.71. The summed E-state index contributed by atoms with van der Waals surface area (Å²) < 4.78 is 5.15. The molecule has 1 aromatic carbocycles. The van der Waals surface area contributed by atoms with E-state index in [9.17, 15) is 9.59 Å². The fraction of sp³-hybridized carbons (Fsp3) is 0.368. The first-order valence-electron chi connectivity index (χ1n) is 9.18. The summed E-state index contributed by atoms with van der Waals surface area (Å²) in [5.41, 5.74) is 0.736. The molecule has 1 unspecified atom stereocenters. The lowest BCUT2D eigenvalue weighted by atomic mass is 10.2. The monoisotopic (exact) mass is 382 g/mol. The summed E-state index contributed by atoms with van der Waals surface area (Å²) >= 11 is 0. The lowest BCUT2D eigenvalue weighted by Crippen LogP contribution is -2.54. The van der Waals surface area contributed by atoms with Gasteiger partial charge in [0.25, 0.3) is 0 Å². The zero-order chi connectivity index (χ0) is 19.5. The van der Waals surface area contributed by atoms with E-state index in [-0.39, 0.29) is 11.9 Å². The zero-order valence-electron chi connectivity index (χ0n) is 15.6. The van der Waals surface area contributed by atoms with E-state index in [1.165, 1.54) is 0 Å². The molecule has 0 bridgehead atoms. The number of anilines is 2. The number of methoxy groups -OCH3 is 1. The second-order valence-corrected chi connectivity index (χ2v) is 6.67. The van der Waals surface area contributed by atoms with Gasteiger partial charge in [-0.2, -0.15) is 0 Å². The number of carbonyl (C=O) groups is 2. The molecule has 4 rings (SSSR count). The fourth-order valence-electron chi connectivity index (χ4n) is 3.46. The van der Waals surface area contributed by atoms with Gasteiger partial charge in [0.05, 0.1) is 13.7 Å². The van der Waals surface area contributed by atoms with Crippen molar-refractivity contribution in [3.8, 4) is 5.75 Å². The number of urea groups is 1. The van der Waals surface area contributed by atoms with Crippen molar-refractivity contribution in [1.29, 1.82) is 0 Å². The minimum Gasteiger partial charge on any atom is -0.497 e. The highest BCUT2D eigenvalue weighted by molar-refractivity contribution is 6.00. The molecule has 0 radical (unpaired) electrons. The van der Waals surface area contributed by atoms with Crippen LogP contribution in [0.25, 0.3) is 0 Å². The van der Waals surface area contributed by atoms with Crippen LogP contribution in [0, 0.1) is 0 Å². The Labute approximate surface area is 162 Å². The van der Waals surface area contributed by atoms with Gasteiger partial charge in [-0.1, -0.05) is 0 Å². The molecule has 28 heavy (non-hydrogen) atoms. The molecule has 2 aliphatic heterocycles. The van der Waals surface area contributed by atoms with E-state index in [0.29, 0.717) is 38.7 Å². The normalized spacial score (nSPS) is 19.5. The first-order chi connectivity index (χ1) is 13.7. The third-order valence-corrected chi connectivity index (χ3v) is 5.02. The number of benzene rings is 1. The first-order valence-corrected chi connectivity index (χ1v) is 9.18. The summed E-state index contributed by atoms with van der Waals surface area (Å²) in [7, 11) is 1.59. The molecular formula is C19H22N6O3. The highest BCUT2D eigenvalue weighted by atomic mass is 16.5. The van der Waals surface area contributed by atoms with E-state index in [2.05, 4.69) is 20.2 Å². The number of amides is 3. The predicted molar refractivity (Wildman–Crippen MR) is 103 cm³/mol. The van der Waals surface area contributed by atoms with Crippen molar-refractivity contribution in [2.45, 2.75) is 6.04 Å². The molecule has 0 saturated carbocycles. The average molecular weight is 382 g/mol. The van der Waals surface area contributed by atoms with Crippen molar-refractivity contribution in [3.63, 3.8) is 0 Å². The van der Waals surface area contributed by atoms with Gasteiger partial charge in [0.1, 0.15) is 11.8 Å². The molecule has 146 valence electrons. The van der Waals surface area contributed by atoms with E-state index in [0.717, 1.165) is 11.4 Å². The van der Waals surface area contributed by atoms with Crippen molar-refractivity contribution in [1.82, 2.24) is 20.2 Å². The van der Waals surface area contributed by atoms with Crippen LogP contribution in [0.15, 0.2) is 42.7 Å². The van der Waals surface area contributed by atoms with E-state index >= 15 is 0 Å². The summed E-state index contributed by atoms with van der Waals surface area (Å²) in [5, 5.41) is 2.80. The van der Waals surface area contributed by atoms with E-state index in [4.69, 9.17) is 4.74 Å². The lowest BCUT2D eigenvalue weighted by molar-refractivity contribution is -0.132. The number of carbonyl (C=O) groups excluding carboxylic acids is 2. The number of nitrogens with zero attached hydrogens (tertiary/aromatic N) is 5. The quantitative estimate of drug-likeness (QED) is 0.839. The third-order valence-electron chi connectivity index (χ3n) is 5.02. The first kappa shape index (κ1) is 18.0. The molecule has 2 fully saturated rings. The Morgan fingerprint density at radius 1 is 1.11 bits per heavy atom. The Bertz CT molecular complexity index is 837. The molecule has 3 amide bonds. The highest BCUT2D eigenvalue weighted by Gasteiger charge is 2.37. The number of piperazine rings is 1. The average Bonchev–Trinajstić information content (AvgIpc) is 3.15. The summed E-state index contributed by atoms with van der Waals surface area (Å²) in [5.74, 6) is 1.34. The lowest BCUT2D eigenvalue weighted by Gasteiger charge is -2.35. The Morgan fingerprint density at radius 2 is 1.79 bits per heavy atom. The number of hydrogen-bond donors (Lipinski definition) is 1. The van der Waals surface area contributed by atoms with Gasteiger partial charge in [-0.05, 0) is 30.3 Å². The summed E-state index contributed by atoms with van der Waals surface area (Å²) in [6, 6.07) is 8.17. The molecule has 1 atom stereocenters. The minimum absolute atomic E-state index is 0.0574. The SMILES string of the molecule is COc1ccc(N2CC(C(=O)N3CCN(c4ncccn4)CC3)NC2=O)cc1. The second-order valence-electron chi connectivity index (χ2n) is 6.67. The van der Waals surface area contributed by atoms with Crippen LogP contribution in [0.4, 0.5) is 16.4 Å². The highest BCUT2D eigenvalue weighted by Crippen LogP contribution is 2.22. The van der Waals surface area contributed by atoms with Gasteiger partial charge < -0.3 is 19.9 Å². The van der Waals surface area contributed by atoms with Crippen molar-refractivity contribution >= 4 is 23.6 Å². The molecule has 2 aliphatic rings. The maximum Gasteiger partial charge on any atom is 0.322 e. The summed E-state index contributed by atoms with van der Waals surface area (Å²) in [6.45, 7) is 2.79. The predicted octanol–water partition coefficient (Wildman–Crippen LogP) is 0.732. The van der Waals surface area contributed by atoms with Crippen molar-refractivity contribution in [3.05, 3.63) is 42.7 Å². The maximum atomic E-state index is 12.9. The van der Waals surface area contributed by atoms with E-state index < -0.39 is 6.04 Å². The van der Waals surface area contributed by atoms with Crippen LogP contribution in [0.3, 0.4) is 0 Å². The number of hydrogen-bond acceptors (Lipinski definition) is 6. The van der Waals surface area contributed by atoms with Gasteiger partial charge in [0.15, 0.2) is 0 Å². The summed E-state index contributed by atoms with van der Waals surface area (Å²) in [4.78, 5) is 39.2. The maximum absolute atomic E-state index is 12.9.